The van der Waals surface area contributed by atoms with Gasteiger partial charge < -0.3 is 15.2 Å². The molecule has 0 heterocycles. The summed E-state index contributed by atoms with van der Waals surface area (Å²) < 4.78 is 5.95. The fourth-order valence-corrected chi connectivity index (χ4v) is 2.73. The Kier molecular flexibility index (Phi) is 7.92. The molecule has 0 saturated carbocycles. The summed E-state index contributed by atoms with van der Waals surface area (Å²) in [5.74, 6) is -0.415. The van der Waals surface area contributed by atoms with Crippen molar-refractivity contribution in [1.82, 2.24) is 5.32 Å². The zero-order chi connectivity index (χ0) is 15.8. The number of rotatable bonds is 8. The summed E-state index contributed by atoms with van der Waals surface area (Å²) in [7, 11) is 0. The molecule has 0 aliphatic rings. The van der Waals surface area contributed by atoms with Crippen LogP contribution in [-0.4, -0.2) is 41.6 Å². The molecule has 0 aliphatic heterocycles. The van der Waals surface area contributed by atoms with E-state index in [1.165, 1.54) is 11.8 Å². The van der Waals surface area contributed by atoms with E-state index in [-0.39, 0.29) is 6.61 Å². The van der Waals surface area contributed by atoms with Crippen LogP contribution in [0.25, 0.3) is 0 Å². The van der Waals surface area contributed by atoms with Gasteiger partial charge in [-0.2, -0.15) is 11.8 Å². The molecule has 116 valence electrons. The molecule has 1 unspecified atom stereocenters. The maximum atomic E-state index is 11.7. The van der Waals surface area contributed by atoms with Crippen molar-refractivity contribution in [3.05, 3.63) is 27.7 Å². The molecule has 0 saturated heterocycles. The van der Waals surface area contributed by atoms with Crippen molar-refractivity contribution in [2.45, 2.75) is 12.5 Å². The van der Waals surface area contributed by atoms with Crippen LogP contribution in [0.4, 0.5) is 0 Å². The van der Waals surface area contributed by atoms with Crippen molar-refractivity contribution < 1.29 is 19.4 Å². The maximum Gasteiger partial charge on any atom is 0.326 e. The summed E-state index contributed by atoms with van der Waals surface area (Å²) in [6, 6.07) is 4.01. The lowest BCUT2D eigenvalue weighted by Crippen LogP contribution is -2.43. The van der Waals surface area contributed by atoms with Crippen molar-refractivity contribution in [3.63, 3.8) is 0 Å². The molecule has 1 rings (SSSR count). The third-order valence-corrected chi connectivity index (χ3v) is 4.00. The Morgan fingerprint density at radius 2 is 2.24 bits per heavy atom. The van der Waals surface area contributed by atoms with Gasteiger partial charge in [-0.05, 0) is 52.6 Å². The lowest BCUT2D eigenvalue weighted by atomic mass is 10.2. The van der Waals surface area contributed by atoms with Gasteiger partial charge in [-0.25, -0.2) is 4.79 Å². The van der Waals surface area contributed by atoms with Crippen LogP contribution in [0.3, 0.4) is 0 Å². The molecule has 1 aromatic rings. The first-order valence-corrected chi connectivity index (χ1v) is 8.59. The number of nitrogens with one attached hydrogen (secondary N) is 1. The smallest absolute Gasteiger partial charge is 0.326 e. The quantitative estimate of drug-likeness (QED) is 0.707. The Balaban J connectivity index is 2.50. The third kappa shape index (κ3) is 6.58. The Morgan fingerprint density at radius 3 is 2.81 bits per heavy atom. The molecule has 0 bridgehead atoms. The van der Waals surface area contributed by atoms with Crippen molar-refractivity contribution in [1.29, 1.82) is 0 Å². The van der Waals surface area contributed by atoms with E-state index in [9.17, 15) is 9.59 Å². The van der Waals surface area contributed by atoms with Gasteiger partial charge in [0.2, 0.25) is 0 Å². The average Bonchev–Trinajstić information content (AvgIpc) is 2.42. The molecule has 0 radical (unpaired) electrons. The number of carbonyl (C=O) groups is 2. The van der Waals surface area contributed by atoms with Gasteiger partial charge in [0.05, 0.1) is 4.47 Å². The van der Waals surface area contributed by atoms with Gasteiger partial charge in [0.1, 0.15) is 11.8 Å². The Hall–Kier alpha value is -0.920. The molecular formula is C13H15BrClNO4S. The number of hydrogen-bond acceptors (Lipinski definition) is 4. The monoisotopic (exact) mass is 395 g/mol. The SMILES string of the molecule is CSCCC(NC(=O)COc1ccc(Cl)cc1Br)C(=O)O. The largest absolute Gasteiger partial charge is 0.483 e. The summed E-state index contributed by atoms with van der Waals surface area (Å²) in [5, 5.41) is 12.0. The van der Waals surface area contributed by atoms with Crippen LogP contribution in [0.2, 0.25) is 5.02 Å². The molecule has 21 heavy (non-hydrogen) atoms. The van der Waals surface area contributed by atoms with Crippen molar-refractivity contribution in [3.8, 4) is 5.75 Å². The number of benzene rings is 1. The van der Waals surface area contributed by atoms with Gasteiger partial charge in [0.25, 0.3) is 5.91 Å². The van der Waals surface area contributed by atoms with Crippen molar-refractivity contribution in [2.24, 2.45) is 0 Å². The minimum Gasteiger partial charge on any atom is -0.483 e. The van der Waals surface area contributed by atoms with Gasteiger partial charge in [-0.3, -0.25) is 4.79 Å². The highest BCUT2D eigenvalue weighted by Gasteiger charge is 2.19. The molecule has 2 N–H and O–H groups in total. The summed E-state index contributed by atoms with van der Waals surface area (Å²) in [6.07, 6.45) is 2.24. The fraction of sp³-hybridized carbons (Fsp3) is 0.385. The predicted octanol–water partition coefficient (Wildman–Crippen LogP) is 2.80. The molecule has 1 atom stereocenters. The number of amides is 1. The van der Waals surface area contributed by atoms with Crippen LogP contribution in [0.1, 0.15) is 6.42 Å². The molecule has 0 aliphatic carbocycles. The first kappa shape index (κ1) is 18.1. The Morgan fingerprint density at radius 1 is 1.52 bits per heavy atom. The number of carboxylic acid groups (broad SMARTS) is 1. The lowest BCUT2D eigenvalue weighted by Gasteiger charge is -2.14. The van der Waals surface area contributed by atoms with E-state index in [0.29, 0.717) is 27.4 Å². The van der Waals surface area contributed by atoms with E-state index in [0.717, 1.165) is 0 Å². The second-order valence-electron chi connectivity index (χ2n) is 4.10. The van der Waals surface area contributed by atoms with Crippen LogP contribution >= 0.6 is 39.3 Å². The predicted molar refractivity (Wildman–Crippen MR) is 87.2 cm³/mol. The van der Waals surface area contributed by atoms with E-state index >= 15 is 0 Å². The highest BCUT2D eigenvalue weighted by Crippen LogP contribution is 2.27. The number of hydrogen-bond donors (Lipinski definition) is 2. The van der Waals surface area contributed by atoms with Crippen LogP contribution in [0.5, 0.6) is 5.75 Å². The molecule has 5 nitrogen and oxygen atoms in total. The minimum absolute atomic E-state index is 0.261. The van der Waals surface area contributed by atoms with Crippen molar-refractivity contribution in [2.75, 3.05) is 18.6 Å². The number of thioether (sulfide) groups is 1. The van der Waals surface area contributed by atoms with Gasteiger partial charge >= 0.3 is 5.97 Å². The fourth-order valence-electron chi connectivity index (χ4n) is 1.46. The third-order valence-electron chi connectivity index (χ3n) is 2.50. The number of ether oxygens (including phenoxy) is 1. The number of carbonyl (C=O) groups excluding carboxylic acids is 1. The summed E-state index contributed by atoms with van der Waals surface area (Å²) in [5.41, 5.74) is 0. The second-order valence-corrected chi connectivity index (χ2v) is 6.38. The van der Waals surface area contributed by atoms with E-state index in [1.807, 2.05) is 6.26 Å². The molecular weight excluding hydrogens is 382 g/mol. The van der Waals surface area contributed by atoms with Crippen molar-refractivity contribution >= 4 is 51.2 Å². The minimum atomic E-state index is -1.05. The van der Waals surface area contributed by atoms with Crippen LogP contribution in [0.15, 0.2) is 22.7 Å². The Bertz CT molecular complexity index is 515. The maximum absolute atomic E-state index is 11.7. The normalized spacial score (nSPS) is 11.8. The standard InChI is InChI=1S/C13H15BrClNO4S/c1-21-5-4-10(13(18)19)16-12(17)7-20-11-3-2-8(15)6-9(11)14/h2-3,6,10H,4-5,7H2,1H3,(H,16,17)(H,18,19). The van der Waals surface area contributed by atoms with Crippen LogP contribution in [-0.2, 0) is 9.59 Å². The first-order valence-electron chi connectivity index (χ1n) is 6.03. The summed E-state index contributed by atoms with van der Waals surface area (Å²) in [4.78, 5) is 22.7. The second kappa shape index (κ2) is 9.17. The highest BCUT2D eigenvalue weighted by atomic mass is 79.9. The Labute approximate surface area is 140 Å². The molecule has 0 spiro atoms. The van der Waals surface area contributed by atoms with E-state index in [2.05, 4.69) is 21.2 Å². The topological polar surface area (TPSA) is 75.6 Å². The van der Waals surface area contributed by atoms with E-state index in [1.54, 1.807) is 18.2 Å². The van der Waals surface area contributed by atoms with E-state index in [4.69, 9.17) is 21.4 Å². The first-order chi connectivity index (χ1) is 9.93. The van der Waals surface area contributed by atoms with Gasteiger partial charge in [-0.1, -0.05) is 11.6 Å². The van der Waals surface area contributed by atoms with Gasteiger partial charge in [0.15, 0.2) is 6.61 Å². The highest BCUT2D eigenvalue weighted by molar-refractivity contribution is 9.10. The van der Waals surface area contributed by atoms with Crippen LogP contribution in [0, 0.1) is 0 Å². The van der Waals surface area contributed by atoms with Crippen LogP contribution < -0.4 is 10.1 Å². The zero-order valence-electron chi connectivity index (χ0n) is 11.3. The molecule has 1 aromatic carbocycles. The van der Waals surface area contributed by atoms with E-state index < -0.39 is 17.9 Å². The van der Waals surface area contributed by atoms with Gasteiger partial charge in [-0.15, -0.1) is 0 Å². The average molecular weight is 397 g/mol. The molecule has 0 aromatic heterocycles. The number of halogens is 2. The van der Waals surface area contributed by atoms with Gasteiger partial charge in [0, 0.05) is 5.02 Å². The molecule has 8 heteroatoms. The molecule has 0 fully saturated rings. The summed E-state index contributed by atoms with van der Waals surface area (Å²) in [6.45, 7) is -0.261. The summed E-state index contributed by atoms with van der Waals surface area (Å²) >= 11 is 10.6. The molecule has 1 amide bonds. The zero-order valence-corrected chi connectivity index (χ0v) is 14.4. The lowest BCUT2D eigenvalue weighted by molar-refractivity contribution is -0.142. The number of aliphatic carboxylic acids is 1. The number of carboxylic acids is 1.